The Hall–Kier alpha value is -0.770. The number of nitrogens with two attached hydrogens (primary N) is 1. The third-order valence-electron chi connectivity index (χ3n) is 4.28. The minimum absolute atomic E-state index is 0.00623. The van der Waals surface area contributed by atoms with Crippen molar-refractivity contribution in [3.63, 3.8) is 0 Å². The van der Waals surface area contributed by atoms with Crippen LogP contribution in [0.2, 0.25) is 5.02 Å². The third-order valence-corrected chi connectivity index (χ3v) is 4.51. The maximum atomic E-state index is 6.31. The van der Waals surface area contributed by atoms with Crippen LogP contribution in [-0.4, -0.2) is 36.7 Å². The number of hydrogen-bond donors (Lipinski definition) is 1. The fourth-order valence-corrected chi connectivity index (χ4v) is 3.36. The van der Waals surface area contributed by atoms with Crippen molar-refractivity contribution >= 4 is 11.6 Å². The minimum Gasteiger partial charge on any atom is -0.486 e. The molecule has 0 aliphatic carbocycles. The SMILES string of the molecule is NCCCN1CCC2(CCc3ccc(Cl)cc3O2)C1. The summed E-state index contributed by atoms with van der Waals surface area (Å²) >= 11 is 6.06. The van der Waals surface area contributed by atoms with Gasteiger partial charge in [0.05, 0.1) is 0 Å². The first-order valence-electron chi connectivity index (χ1n) is 7.11. The zero-order chi connectivity index (χ0) is 13.3. The predicted molar refractivity (Wildman–Crippen MR) is 77.9 cm³/mol. The summed E-state index contributed by atoms with van der Waals surface area (Å²) in [5.74, 6) is 0.986. The van der Waals surface area contributed by atoms with Crippen LogP contribution in [0.4, 0.5) is 0 Å². The first-order valence-corrected chi connectivity index (χ1v) is 7.48. The van der Waals surface area contributed by atoms with Crippen molar-refractivity contribution in [1.82, 2.24) is 4.90 Å². The molecule has 3 rings (SSSR count). The zero-order valence-electron chi connectivity index (χ0n) is 11.2. The highest BCUT2D eigenvalue weighted by Crippen LogP contribution is 2.39. The predicted octanol–water partition coefficient (Wildman–Crippen LogP) is 2.46. The lowest BCUT2D eigenvalue weighted by atomic mass is 9.90. The largest absolute Gasteiger partial charge is 0.486 e. The van der Waals surface area contributed by atoms with Gasteiger partial charge in [-0.15, -0.1) is 0 Å². The van der Waals surface area contributed by atoms with E-state index in [0.717, 1.165) is 62.6 Å². The highest BCUT2D eigenvalue weighted by atomic mass is 35.5. The van der Waals surface area contributed by atoms with E-state index in [-0.39, 0.29) is 5.60 Å². The number of nitrogens with zero attached hydrogens (tertiary/aromatic N) is 1. The van der Waals surface area contributed by atoms with Crippen molar-refractivity contribution in [3.05, 3.63) is 28.8 Å². The lowest BCUT2D eigenvalue weighted by molar-refractivity contribution is 0.0545. The Balaban J connectivity index is 1.71. The molecule has 4 heteroatoms. The fourth-order valence-electron chi connectivity index (χ4n) is 3.20. The smallest absolute Gasteiger partial charge is 0.124 e. The molecule has 1 aromatic carbocycles. The number of hydrogen-bond acceptors (Lipinski definition) is 3. The lowest BCUT2D eigenvalue weighted by Crippen LogP contribution is -2.42. The van der Waals surface area contributed by atoms with E-state index in [1.54, 1.807) is 0 Å². The first kappa shape index (κ1) is 13.2. The van der Waals surface area contributed by atoms with Crippen LogP contribution < -0.4 is 10.5 Å². The van der Waals surface area contributed by atoms with E-state index in [0.29, 0.717) is 0 Å². The van der Waals surface area contributed by atoms with Crippen LogP contribution in [0.5, 0.6) is 5.75 Å². The van der Waals surface area contributed by atoms with E-state index in [2.05, 4.69) is 11.0 Å². The van der Waals surface area contributed by atoms with Gasteiger partial charge in [0.2, 0.25) is 0 Å². The average Bonchev–Trinajstić information content (AvgIpc) is 2.79. The number of benzene rings is 1. The normalized spacial score (nSPS) is 26.4. The van der Waals surface area contributed by atoms with Crippen molar-refractivity contribution in [1.29, 1.82) is 0 Å². The summed E-state index contributed by atoms with van der Waals surface area (Å²) in [5.41, 5.74) is 6.88. The van der Waals surface area contributed by atoms with Crippen molar-refractivity contribution < 1.29 is 4.74 Å². The first-order chi connectivity index (χ1) is 9.21. The van der Waals surface area contributed by atoms with Crippen LogP contribution in [0.3, 0.4) is 0 Å². The van der Waals surface area contributed by atoms with E-state index in [4.69, 9.17) is 22.1 Å². The van der Waals surface area contributed by atoms with Gasteiger partial charge in [0, 0.05) is 24.5 Å². The van der Waals surface area contributed by atoms with Gasteiger partial charge < -0.3 is 10.5 Å². The summed E-state index contributed by atoms with van der Waals surface area (Å²) < 4.78 is 6.31. The number of aryl methyl sites for hydroxylation is 1. The number of fused-ring (bicyclic) bond motifs is 1. The molecule has 1 fully saturated rings. The summed E-state index contributed by atoms with van der Waals surface area (Å²) in [5, 5.41) is 0.758. The highest BCUT2D eigenvalue weighted by molar-refractivity contribution is 6.30. The Bertz CT molecular complexity index is 465. The molecular formula is C15H21ClN2O. The van der Waals surface area contributed by atoms with E-state index in [9.17, 15) is 0 Å². The summed E-state index contributed by atoms with van der Waals surface area (Å²) in [6.07, 6.45) is 4.39. The molecule has 2 heterocycles. The molecule has 104 valence electrons. The molecule has 19 heavy (non-hydrogen) atoms. The number of halogens is 1. The Morgan fingerprint density at radius 2 is 2.26 bits per heavy atom. The second-order valence-electron chi connectivity index (χ2n) is 5.71. The second-order valence-corrected chi connectivity index (χ2v) is 6.14. The molecule has 1 spiro atoms. The van der Waals surface area contributed by atoms with Gasteiger partial charge in [-0.3, -0.25) is 4.90 Å². The molecule has 0 aromatic heterocycles. The van der Waals surface area contributed by atoms with E-state index >= 15 is 0 Å². The number of likely N-dealkylation sites (tertiary alicyclic amines) is 1. The van der Waals surface area contributed by atoms with Crippen molar-refractivity contribution in [2.45, 2.75) is 31.3 Å². The maximum absolute atomic E-state index is 6.31. The Labute approximate surface area is 119 Å². The molecule has 0 amide bonds. The van der Waals surface area contributed by atoms with Gasteiger partial charge in [-0.25, -0.2) is 0 Å². The van der Waals surface area contributed by atoms with Gasteiger partial charge in [-0.05, 0) is 50.0 Å². The maximum Gasteiger partial charge on any atom is 0.124 e. The molecule has 1 aromatic rings. The Morgan fingerprint density at radius 1 is 1.37 bits per heavy atom. The molecular weight excluding hydrogens is 260 g/mol. The molecule has 1 saturated heterocycles. The molecule has 0 saturated carbocycles. The van der Waals surface area contributed by atoms with Crippen LogP contribution in [-0.2, 0) is 6.42 Å². The molecule has 2 aliphatic rings. The van der Waals surface area contributed by atoms with Gasteiger partial charge in [0.1, 0.15) is 11.4 Å². The van der Waals surface area contributed by atoms with Gasteiger partial charge in [-0.2, -0.15) is 0 Å². The number of rotatable bonds is 3. The fraction of sp³-hybridized carbons (Fsp3) is 0.600. The van der Waals surface area contributed by atoms with Crippen LogP contribution in [0, 0.1) is 0 Å². The minimum atomic E-state index is 0.00623. The van der Waals surface area contributed by atoms with Crippen LogP contribution in [0.15, 0.2) is 18.2 Å². The van der Waals surface area contributed by atoms with Gasteiger partial charge in [0.25, 0.3) is 0 Å². The molecule has 3 nitrogen and oxygen atoms in total. The standard InChI is InChI=1S/C15H21ClN2O/c16-13-3-2-12-4-5-15(19-14(12)10-13)6-9-18(11-15)8-1-7-17/h2-3,10H,1,4-9,11,17H2. The third kappa shape index (κ3) is 2.73. The molecule has 0 bridgehead atoms. The molecule has 1 unspecified atom stereocenters. The summed E-state index contributed by atoms with van der Waals surface area (Å²) in [7, 11) is 0. The monoisotopic (exact) mass is 280 g/mol. The van der Waals surface area contributed by atoms with Gasteiger partial charge >= 0.3 is 0 Å². The van der Waals surface area contributed by atoms with E-state index < -0.39 is 0 Å². The summed E-state index contributed by atoms with van der Waals surface area (Å²) in [6.45, 7) is 4.00. The number of ether oxygens (including phenoxy) is 1. The van der Waals surface area contributed by atoms with Gasteiger partial charge in [-0.1, -0.05) is 17.7 Å². The van der Waals surface area contributed by atoms with Crippen molar-refractivity contribution in [2.24, 2.45) is 5.73 Å². The molecule has 2 N–H and O–H groups in total. The summed E-state index contributed by atoms with van der Waals surface area (Å²) in [6, 6.07) is 6.00. The van der Waals surface area contributed by atoms with Crippen LogP contribution in [0.25, 0.3) is 0 Å². The molecule has 0 radical (unpaired) electrons. The quantitative estimate of drug-likeness (QED) is 0.924. The Morgan fingerprint density at radius 3 is 3.11 bits per heavy atom. The zero-order valence-corrected chi connectivity index (χ0v) is 12.0. The second kappa shape index (κ2) is 5.31. The topological polar surface area (TPSA) is 38.5 Å². The summed E-state index contributed by atoms with van der Waals surface area (Å²) in [4.78, 5) is 2.47. The van der Waals surface area contributed by atoms with Crippen molar-refractivity contribution in [3.8, 4) is 5.75 Å². The molecule has 1 atom stereocenters. The van der Waals surface area contributed by atoms with Crippen molar-refractivity contribution in [2.75, 3.05) is 26.2 Å². The lowest BCUT2D eigenvalue weighted by Gasteiger charge is -2.35. The highest BCUT2D eigenvalue weighted by Gasteiger charge is 2.42. The van der Waals surface area contributed by atoms with Crippen LogP contribution >= 0.6 is 11.6 Å². The van der Waals surface area contributed by atoms with Gasteiger partial charge in [0.15, 0.2) is 0 Å². The van der Waals surface area contributed by atoms with E-state index in [1.165, 1.54) is 5.56 Å². The van der Waals surface area contributed by atoms with E-state index in [1.807, 2.05) is 12.1 Å². The molecule has 2 aliphatic heterocycles. The average molecular weight is 281 g/mol. The van der Waals surface area contributed by atoms with Crippen LogP contribution in [0.1, 0.15) is 24.8 Å². The Kier molecular flexibility index (Phi) is 3.70.